The SMILES string of the molecule is COC(=O)c1ccc2nc(CO[C@H]3CN(C)C[C@H]3F)[nH]c2c1. The molecule has 118 valence electrons. The number of carbonyl (C=O) groups is 1. The molecule has 1 saturated heterocycles. The van der Waals surface area contributed by atoms with E-state index in [1.807, 2.05) is 11.9 Å². The van der Waals surface area contributed by atoms with Gasteiger partial charge in [0.25, 0.3) is 0 Å². The van der Waals surface area contributed by atoms with Crippen LogP contribution in [0.1, 0.15) is 16.2 Å². The first-order chi connectivity index (χ1) is 10.6. The van der Waals surface area contributed by atoms with E-state index in [1.165, 1.54) is 7.11 Å². The van der Waals surface area contributed by atoms with E-state index < -0.39 is 18.2 Å². The van der Waals surface area contributed by atoms with Gasteiger partial charge in [0, 0.05) is 13.1 Å². The molecular formula is C15H18FN3O3. The second-order valence-electron chi connectivity index (χ2n) is 5.49. The molecule has 0 bridgehead atoms. The Morgan fingerprint density at radius 2 is 2.32 bits per heavy atom. The van der Waals surface area contributed by atoms with Crippen LogP contribution in [0.5, 0.6) is 0 Å². The van der Waals surface area contributed by atoms with E-state index in [0.29, 0.717) is 24.5 Å². The quantitative estimate of drug-likeness (QED) is 0.868. The Bertz CT molecular complexity index is 688. The van der Waals surface area contributed by atoms with Gasteiger partial charge in [-0.25, -0.2) is 14.2 Å². The highest BCUT2D eigenvalue weighted by molar-refractivity contribution is 5.93. The van der Waals surface area contributed by atoms with Gasteiger partial charge in [-0.05, 0) is 25.2 Å². The number of likely N-dealkylation sites (tertiary alicyclic amines) is 1. The van der Waals surface area contributed by atoms with Crippen molar-refractivity contribution in [3.05, 3.63) is 29.6 Å². The molecule has 0 unspecified atom stereocenters. The average Bonchev–Trinajstić information content (AvgIpc) is 3.05. The number of carbonyl (C=O) groups excluding carboxylic acids is 1. The predicted octanol–water partition coefficient (Wildman–Crippen LogP) is 1.52. The number of likely N-dealkylation sites (N-methyl/N-ethyl adjacent to an activating group) is 1. The second-order valence-corrected chi connectivity index (χ2v) is 5.49. The van der Waals surface area contributed by atoms with Gasteiger partial charge in [-0.15, -0.1) is 0 Å². The molecule has 6 nitrogen and oxygen atoms in total. The fourth-order valence-corrected chi connectivity index (χ4v) is 2.63. The second kappa shape index (κ2) is 6.02. The fraction of sp³-hybridized carbons (Fsp3) is 0.467. The van der Waals surface area contributed by atoms with Gasteiger partial charge < -0.3 is 19.4 Å². The van der Waals surface area contributed by atoms with Gasteiger partial charge >= 0.3 is 5.97 Å². The molecule has 1 N–H and O–H groups in total. The van der Waals surface area contributed by atoms with Crippen molar-refractivity contribution in [3.63, 3.8) is 0 Å². The number of rotatable bonds is 4. The van der Waals surface area contributed by atoms with E-state index in [2.05, 4.69) is 14.7 Å². The number of hydrogen-bond donors (Lipinski definition) is 1. The zero-order valence-corrected chi connectivity index (χ0v) is 12.5. The first-order valence-corrected chi connectivity index (χ1v) is 7.08. The number of aromatic nitrogens is 2. The van der Waals surface area contributed by atoms with Crippen molar-refractivity contribution in [3.8, 4) is 0 Å². The number of benzene rings is 1. The molecular weight excluding hydrogens is 289 g/mol. The van der Waals surface area contributed by atoms with Crippen molar-refractivity contribution in [2.75, 3.05) is 27.2 Å². The summed E-state index contributed by atoms with van der Waals surface area (Å²) in [5.74, 6) is 0.210. The number of methoxy groups -OCH3 is 1. The molecule has 2 heterocycles. The van der Waals surface area contributed by atoms with Crippen molar-refractivity contribution in [2.45, 2.75) is 18.9 Å². The first-order valence-electron chi connectivity index (χ1n) is 7.08. The number of nitrogens with zero attached hydrogens (tertiary/aromatic N) is 2. The molecule has 1 aliphatic rings. The van der Waals surface area contributed by atoms with Crippen molar-refractivity contribution in [2.24, 2.45) is 0 Å². The van der Waals surface area contributed by atoms with Gasteiger partial charge in [0.15, 0.2) is 0 Å². The largest absolute Gasteiger partial charge is 0.465 e. The van der Waals surface area contributed by atoms with E-state index in [9.17, 15) is 9.18 Å². The fourth-order valence-electron chi connectivity index (χ4n) is 2.63. The number of alkyl halides is 1. The van der Waals surface area contributed by atoms with Gasteiger partial charge in [-0.1, -0.05) is 0 Å². The van der Waals surface area contributed by atoms with Gasteiger partial charge in [0.05, 0.1) is 23.7 Å². The van der Waals surface area contributed by atoms with Gasteiger partial charge in [-0.2, -0.15) is 0 Å². The summed E-state index contributed by atoms with van der Waals surface area (Å²) in [7, 11) is 3.20. The number of hydrogen-bond acceptors (Lipinski definition) is 5. The van der Waals surface area contributed by atoms with Crippen LogP contribution in [0.2, 0.25) is 0 Å². The molecule has 7 heteroatoms. The van der Waals surface area contributed by atoms with Crippen LogP contribution < -0.4 is 0 Å². The Labute approximate surface area is 127 Å². The number of fused-ring (bicyclic) bond motifs is 1. The topological polar surface area (TPSA) is 67.5 Å². The Morgan fingerprint density at radius 1 is 1.50 bits per heavy atom. The minimum atomic E-state index is -0.972. The number of esters is 1. The van der Waals surface area contributed by atoms with E-state index in [4.69, 9.17) is 4.74 Å². The van der Waals surface area contributed by atoms with E-state index in [0.717, 1.165) is 11.0 Å². The maximum Gasteiger partial charge on any atom is 0.337 e. The zero-order chi connectivity index (χ0) is 15.7. The maximum absolute atomic E-state index is 13.7. The summed E-state index contributed by atoms with van der Waals surface area (Å²) in [4.78, 5) is 20.9. The highest BCUT2D eigenvalue weighted by Gasteiger charge is 2.31. The average molecular weight is 307 g/mol. The molecule has 0 radical (unpaired) electrons. The molecule has 2 atom stereocenters. The van der Waals surface area contributed by atoms with E-state index in [-0.39, 0.29) is 6.61 Å². The van der Waals surface area contributed by atoms with Gasteiger partial charge in [0.2, 0.25) is 0 Å². The summed E-state index contributed by atoms with van der Waals surface area (Å²) in [6, 6.07) is 5.07. The summed E-state index contributed by atoms with van der Waals surface area (Å²) in [6.45, 7) is 1.18. The summed E-state index contributed by atoms with van der Waals surface area (Å²) in [5.41, 5.74) is 1.90. The zero-order valence-electron chi connectivity index (χ0n) is 12.5. The number of aromatic amines is 1. The molecule has 1 aromatic heterocycles. The van der Waals surface area contributed by atoms with Crippen LogP contribution in [-0.2, 0) is 16.1 Å². The molecule has 0 spiro atoms. The third kappa shape index (κ3) is 2.95. The number of imidazole rings is 1. The van der Waals surface area contributed by atoms with Crippen LogP contribution >= 0.6 is 0 Å². The van der Waals surface area contributed by atoms with Crippen molar-refractivity contribution < 1.29 is 18.7 Å². The van der Waals surface area contributed by atoms with Crippen molar-refractivity contribution >= 4 is 17.0 Å². The highest BCUT2D eigenvalue weighted by atomic mass is 19.1. The maximum atomic E-state index is 13.7. The molecule has 0 aliphatic carbocycles. The summed E-state index contributed by atoms with van der Waals surface area (Å²) in [5, 5.41) is 0. The molecule has 3 rings (SSSR count). The Hall–Kier alpha value is -1.99. The molecule has 22 heavy (non-hydrogen) atoms. The van der Waals surface area contributed by atoms with Crippen LogP contribution in [0.15, 0.2) is 18.2 Å². The standard InChI is InChI=1S/C15H18FN3O3/c1-19-6-10(16)13(7-19)22-8-14-17-11-4-3-9(15(20)21-2)5-12(11)18-14/h3-5,10,13H,6-8H2,1-2H3,(H,17,18)/t10-,13+/m1/s1. The summed E-state index contributed by atoms with van der Waals surface area (Å²) >= 11 is 0. The number of nitrogens with one attached hydrogen (secondary N) is 1. The lowest BCUT2D eigenvalue weighted by atomic mass is 10.2. The van der Waals surface area contributed by atoms with Gasteiger partial charge in [0.1, 0.15) is 24.7 Å². The Balaban J connectivity index is 1.71. The minimum Gasteiger partial charge on any atom is -0.465 e. The normalized spacial score (nSPS) is 22.3. The lowest BCUT2D eigenvalue weighted by Crippen LogP contribution is -2.23. The smallest absolute Gasteiger partial charge is 0.337 e. The van der Waals surface area contributed by atoms with Crippen LogP contribution in [0.4, 0.5) is 4.39 Å². The highest BCUT2D eigenvalue weighted by Crippen LogP contribution is 2.18. The molecule has 2 aromatic rings. The lowest BCUT2D eigenvalue weighted by molar-refractivity contribution is 0.00930. The molecule has 1 fully saturated rings. The van der Waals surface area contributed by atoms with Crippen molar-refractivity contribution in [1.29, 1.82) is 0 Å². The number of H-pyrrole nitrogens is 1. The minimum absolute atomic E-state index is 0.209. The lowest BCUT2D eigenvalue weighted by Gasteiger charge is -2.12. The first kappa shape index (κ1) is 14.9. The molecule has 1 aromatic carbocycles. The Kier molecular flexibility index (Phi) is 4.08. The predicted molar refractivity (Wildman–Crippen MR) is 78.4 cm³/mol. The number of ether oxygens (including phenoxy) is 2. The molecule has 0 saturated carbocycles. The Morgan fingerprint density at radius 3 is 3.00 bits per heavy atom. The van der Waals surface area contributed by atoms with E-state index in [1.54, 1.807) is 18.2 Å². The van der Waals surface area contributed by atoms with E-state index >= 15 is 0 Å². The van der Waals surface area contributed by atoms with Gasteiger partial charge in [-0.3, -0.25) is 0 Å². The van der Waals surface area contributed by atoms with Crippen LogP contribution in [0.25, 0.3) is 11.0 Å². The van der Waals surface area contributed by atoms with Crippen molar-refractivity contribution in [1.82, 2.24) is 14.9 Å². The molecule has 0 amide bonds. The van der Waals surface area contributed by atoms with Crippen LogP contribution in [0.3, 0.4) is 0 Å². The third-order valence-corrected chi connectivity index (χ3v) is 3.77. The molecule has 1 aliphatic heterocycles. The monoisotopic (exact) mass is 307 g/mol. The van der Waals surface area contributed by atoms with Crippen LogP contribution in [0, 0.1) is 0 Å². The third-order valence-electron chi connectivity index (χ3n) is 3.77. The summed E-state index contributed by atoms with van der Waals surface area (Å²) < 4.78 is 24.0. The number of halogens is 1. The van der Waals surface area contributed by atoms with Crippen LogP contribution in [-0.4, -0.2) is 60.4 Å². The summed E-state index contributed by atoms with van der Waals surface area (Å²) in [6.07, 6.45) is -1.40.